The summed E-state index contributed by atoms with van der Waals surface area (Å²) < 4.78 is 5.22. The number of carbonyl (C=O) groups excluding carboxylic acids is 1. The number of hydrogen-bond acceptors (Lipinski definition) is 3. The summed E-state index contributed by atoms with van der Waals surface area (Å²) in [5, 5.41) is 8.51. The van der Waals surface area contributed by atoms with E-state index in [1.54, 1.807) is 7.11 Å². The number of nitrogens with one attached hydrogen (secondary N) is 2. The molecule has 0 aliphatic carbocycles. The van der Waals surface area contributed by atoms with E-state index in [4.69, 9.17) is 4.74 Å². The van der Waals surface area contributed by atoms with Gasteiger partial charge in [0.1, 0.15) is 5.75 Å². The molecule has 1 fully saturated rings. The molecule has 22 heavy (non-hydrogen) atoms. The molecule has 5 heteroatoms. The maximum Gasteiger partial charge on any atom is 0.237 e. The molecule has 3 rings (SSSR count). The number of methoxy groups -OCH3 is 1. The van der Waals surface area contributed by atoms with Crippen LogP contribution < -0.4 is 15.4 Å². The fraction of sp³-hybridized carbons (Fsp3) is 0.353. The second-order valence-electron chi connectivity index (χ2n) is 5.41. The minimum Gasteiger partial charge on any atom is -0.497 e. The van der Waals surface area contributed by atoms with Gasteiger partial charge in [-0.2, -0.15) is 0 Å². The second kappa shape index (κ2) is 7.47. The van der Waals surface area contributed by atoms with E-state index in [-0.39, 0.29) is 24.4 Å². The van der Waals surface area contributed by atoms with Crippen LogP contribution in [0.4, 0.5) is 0 Å². The average Bonchev–Trinajstić information content (AvgIpc) is 3.06. The SMILES string of the molecule is COc1ccc2cc(CNC(=O)C3CCCN3)ccc2c1.Cl. The Kier molecular flexibility index (Phi) is 5.63. The van der Waals surface area contributed by atoms with Gasteiger partial charge in [-0.05, 0) is 53.9 Å². The molecule has 0 spiro atoms. The van der Waals surface area contributed by atoms with Crippen molar-refractivity contribution in [1.82, 2.24) is 10.6 Å². The maximum atomic E-state index is 12.0. The molecule has 1 atom stereocenters. The highest BCUT2D eigenvalue weighted by Gasteiger charge is 2.21. The van der Waals surface area contributed by atoms with Crippen molar-refractivity contribution in [3.8, 4) is 5.75 Å². The lowest BCUT2D eigenvalue weighted by atomic mass is 10.1. The highest BCUT2D eigenvalue weighted by Crippen LogP contribution is 2.21. The van der Waals surface area contributed by atoms with E-state index in [2.05, 4.69) is 22.8 Å². The van der Waals surface area contributed by atoms with Crippen LogP contribution in [-0.4, -0.2) is 25.6 Å². The number of carbonyl (C=O) groups is 1. The van der Waals surface area contributed by atoms with Crippen molar-refractivity contribution < 1.29 is 9.53 Å². The Balaban J connectivity index is 0.00000176. The molecule has 2 N–H and O–H groups in total. The molecular formula is C17H21ClN2O2. The van der Waals surface area contributed by atoms with Gasteiger partial charge in [-0.3, -0.25) is 4.79 Å². The van der Waals surface area contributed by atoms with Gasteiger partial charge in [0.15, 0.2) is 0 Å². The van der Waals surface area contributed by atoms with Crippen LogP contribution in [0.1, 0.15) is 18.4 Å². The van der Waals surface area contributed by atoms with E-state index in [9.17, 15) is 4.79 Å². The third-order valence-electron chi connectivity index (χ3n) is 3.96. The lowest BCUT2D eigenvalue weighted by Crippen LogP contribution is -2.39. The highest BCUT2D eigenvalue weighted by atomic mass is 35.5. The molecule has 0 saturated carbocycles. The van der Waals surface area contributed by atoms with Crippen LogP contribution in [-0.2, 0) is 11.3 Å². The zero-order valence-electron chi connectivity index (χ0n) is 12.6. The number of amides is 1. The first-order valence-corrected chi connectivity index (χ1v) is 7.34. The monoisotopic (exact) mass is 320 g/mol. The molecule has 0 radical (unpaired) electrons. The number of hydrogen-bond donors (Lipinski definition) is 2. The summed E-state index contributed by atoms with van der Waals surface area (Å²) in [6.07, 6.45) is 2.01. The fourth-order valence-electron chi connectivity index (χ4n) is 2.73. The van der Waals surface area contributed by atoms with Crippen LogP contribution in [0.5, 0.6) is 5.75 Å². The van der Waals surface area contributed by atoms with Crippen molar-refractivity contribution in [2.75, 3.05) is 13.7 Å². The predicted octanol–water partition coefficient (Wildman–Crippen LogP) is 2.64. The van der Waals surface area contributed by atoms with Gasteiger partial charge in [0.2, 0.25) is 5.91 Å². The van der Waals surface area contributed by atoms with Gasteiger partial charge in [-0.25, -0.2) is 0 Å². The summed E-state index contributed by atoms with van der Waals surface area (Å²) in [6, 6.07) is 12.2. The van der Waals surface area contributed by atoms with E-state index in [1.807, 2.05) is 24.3 Å². The van der Waals surface area contributed by atoms with Crippen LogP contribution >= 0.6 is 12.4 Å². The van der Waals surface area contributed by atoms with Gasteiger partial charge in [-0.15, -0.1) is 12.4 Å². The molecule has 0 aromatic heterocycles. The molecule has 1 unspecified atom stereocenters. The van der Waals surface area contributed by atoms with Crippen molar-refractivity contribution in [3.05, 3.63) is 42.0 Å². The van der Waals surface area contributed by atoms with Crippen molar-refractivity contribution >= 4 is 29.1 Å². The smallest absolute Gasteiger partial charge is 0.237 e. The minimum atomic E-state index is -0.0188. The van der Waals surface area contributed by atoms with E-state index < -0.39 is 0 Å². The first kappa shape index (κ1) is 16.6. The summed E-state index contributed by atoms with van der Waals surface area (Å²) in [5.41, 5.74) is 1.11. The van der Waals surface area contributed by atoms with Crippen LogP contribution in [0.25, 0.3) is 10.8 Å². The summed E-state index contributed by atoms with van der Waals surface area (Å²) in [5.74, 6) is 0.957. The Morgan fingerprint density at radius 2 is 2.05 bits per heavy atom. The lowest BCUT2D eigenvalue weighted by Gasteiger charge is -2.11. The Hall–Kier alpha value is -1.78. The van der Waals surface area contributed by atoms with Crippen LogP contribution in [0.15, 0.2) is 36.4 Å². The molecule has 2 aromatic rings. The van der Waals surface area contributed by atoms with Gasteiger partial charge in [0, 0.05) is 6.54 Å². The standard InChI is InChI=1S/C17H20N2O2.ClH/c1-21-15-7-6-13-9-12(4-5-14(13)10-15)11-19-17(20)16-3-2-8-18-16;/h4-7,9-10,16,18H,2-3,8,11H2,1H3,(H,19,20);1H. The van der Waals surface area contributed by atoms with Crippen molar-refractivity contribution in [3.63, 3.8) is 0 Å². The van der Waals surface area contributed by atoms with Gasteiger partial charge in [0.05, 0.1) is 13.2 Å². The average molecular weight is 321 g/mol. The molecule has 1 heterocycles. The quantitative estimate of drug-likeness (QED) is 0.910. The Morgan fingerprint density at radius 3 is 2.77 bits per heavy atom. The van der Waals surface area contributed by atoms with E-state index >= 15 is 0 Å². The Bertz CT molecular complexity index is 654. The third kappa shape index (κ3) is 3.70. The number of rotatable bonds is 4. The number of ether oxygens (including phenoxy) is 1. The molecule has 1 aliphatic rings. The maximum absolute atomic E-state index is 12.0. The first-order valence-electron chi connectivity index (χ1n) is 7.34. The first-order chi connectivity index (χ1) is 10.3. The van der Waals surface area contributed by atoms with Crippen molar-refractivity contribution in [2.24, 2.45) is 0 Å². The summed E-state index contributed by atoms with van der Waals surface area (Å²) in [7, 11) is 1.67. The molecule has 118 valence electrons. The normalized spacial score (nSPS) is 17.0. The van der Waals surface area contributed by atoms with Gasteiger partial charge < -0.3 is 15.4 Å². The van der Waals surface area contributed by atoms with Crippen molar-refractivity contribution in [2.45, 2.75) is 25.4 Å². The number of fused-ring (bicyclic) bond motifs is 1. The molecular weight excluding hydrogens is 300 g/mol. The largest absolute Gasteiger partial charge is 0.497 e. The van der Waals surface area contributed by atoms with E-state index in [0.717, 1.165) is 41.5 Å². The van der Waals surface area contributed by atoms with Gasteiger partial charge >= 0.3 is 0 Å². The second-order valence-corrected chi connectivity index (χ2v) is 5.41. The molecule has 0 bridgehead atoms. The van der Waals surface area contributed by atoms with Gasteiger partial charge in [0.25, 0.3) is 0 Å². The zero-order valence-corrected chi connectivity index (χ0v) is 13.4. The molecule has 1 saturated heterocycles. The van der Waals surface area contributed by atoms with Crippen LogP contribution in [0.2, 0.25) is 0 Å². The summed E-state index contributed by atoms with van der Waals surface area (Å²) in [4.78, 5) is 12.0. The summed E-state index contributed by atoms with van der Waals surface area (Å²) >= 11 is 0. The lowest BCUT2D eigenvalue weighted by molar-refractivity contribution is -0.122. The zero-order chi connectivity index (χ0) is 14.7. The van der Waals surface area contributed by atoms with E-state index in [1.165, 1.54) is 0 Å². The molecule has 1 amide bonds. The van der Waals surface area contributed by atoms with E-state index in [0.29, 0.717) is 6.54 Å². The van der Waals surface area contributed by atoms with Crippen LogP contribution in [0, 0.1) is 0 Å². The van der Waals surface area contributed by atoms with Gasteiger partial charge in [-0.1, -0.05) is 18.2 Å². The highest BCUT2D eigenvalue weighted by molar-refractivity contribution is 5.85. The summed E-state index contributed by atoms with van der Waals surface area (Å²) in [6.45, 7) is 1.51. The Labute approximate surface area is 136 Å². The van der Waals surface area contributed by atoms with Crippen LogP contribution in [0.3, 0.4) is 0 Å². The minimum absolute atomic E-state index is 0. The fourth-order valence-corrected chi connectivity index (χ4v) is 2.73. The predicted molar refractivity (Wildman–Crippen MR) is 90.6 cm³/mol. The molecule has 2 aromatic carbocycles. The number of benzene rings is 2. The Morgan fingerprint density at radius 1 is 1.27 bits per heavy atom. The number of halogens is 1. The topological polar surface area (TPSA) is 50.4 Å². The molecule has 1 aliphatic heterocycles. The van der Waals surface area contributed by atoms with Crippen molar-refractivity contribution in [1.29, 1.82) is 0 Å². The molecule has 4 nitrogen and oxygen atoms in total. The third-order valence-corrected chi connectivity index (χ3v) is 3.96.